The van der Waals surface area contributed by atoms with Gasteiger partial charge in [-0.3, -0.25) is 0 Å². The number of rotatable bonds is 5. The number of hydrogen-bond donors (Lipinski definition) is 2. The maximum atomic E-state index is 12.3. The zero-order valence-electron chi connectivity index (χ0n) is 15.4. The molecule has 27 heavy (non-hydrogen) atoms. The smallest absolute Gasteiger partial charge is 0.315 e. The van der Waals surface area contributed by atoms with Crippen LogP contribution in [0.1, 0.15) is 36.9 Å². The predicted octanol–water partition coefficient (Wildman–Crippen LogP) is 2.97. The lowest BCUT2D eigenvalue weighted by Crippen LogP contribution is -2.36. The van der Waals surface area contributed by atoms with E-state index in [4.69, 9.17) is 9.47 Å². The Morgan fingerprint density at radius 3 is 2.85 bits per heavy atom. The minimum atomic E-state index is -0.209. The Morgan fingerprint density at radius 2 is 2.00 bits per heavy atom. The summed E-state index contributed by atoms with van der Waals surface area (Å²) in [5.74, 6) is 2.44. The van der Waals surface area contributed by atoms with E-state index in [2.05, 4.69) is 20.5 Å². The second kappa shape index (κ2) is 7.73. The number of pyridine rings is 1. The van der Waals surface area contributed by atoms with Gasteiger partial charge in [0.05, 0.1) is 6.04 Å². The van der Waals surface area contributed by atoms with Crippen LogP contribution in [0.4, 0.5) is 10.6 Å². The molecule has 1 unspecified atom stereocenters. The quantitative estimate of drug-likeness (QED) is 0.849. The molecule has 2 aliphatic rings. The normalized spacial score (nSPS) is 16.3. The van der Waals surface area contributed by atoms with Gasteiger partial charge in [0.25, 0.3) is 0 Å². The molecule has 7 nitrogen and oxygen atoms in total. The molecule has 1 saturated heterocycles. The van der Waals surface area contributed by atoms with Crippen LogP contribution in [0.2, 0.25) is 0 Å². The highest BCUT2D eigenvalue weighted by molar-refractivity contribution is 5.74. The van der Waals surface area contributed by atoms with Gasteiger partial charge in [-0.05, 0) is 55.2 Å². The molecule has 1 fully saturated rings. The third-order valence-corrected chi connectivity index (χ3v) is 4.94. The van der Waals surface area contributed by atoms with E-state index in [0.29, 0.717) is 12.3 Å². The summed E-state index contributed by atoms with van der Waals surface area (Å²) in [4.78, 5) is 19.0. The fourth-order valence-electron chi connectivity index (χ4n) is 3.39. The highest BCUT2D eigenvalue weighted by Crippen LogP contribution is 2.34. The van der Waals surface area contributed by atoms with Gasteiger partial charge in [0.15, 0.2) is 11.5 Å². The molecule has 0 spiro atoms. The number of fused-ring (bicyclic) bond motifs is 1. The number of ether oxygens (including phenoxy) is 2. The molecule has 4 rings (SSSR count). The molecule has 1 aromatic heterocycles. The summed E-state index contributed by atoms with van der Waals surface area (Å²) < 4.78 is 10.7. The number of carbonyl (C=O) groups excluding carboxylic acids is 1. The molecule has 1 aromatic carbocycles. The molecule has 0 radical (unpaired) electrons. The number of nitrogens with one attached hydrogen (secondary N) is 2. The van der Waals surface area contributed by atoms with Crippen LogP contribution in [0.3, 0.4) is 0 Å². The Kier molecular flexibility index (Phi) is 5.00. The highest BCUT2D eigenvalue weighted by atomic mass is 16.7. The average Bonchev–Trinajstić information content (AvgIpc) is 3.37. The van der Waals surface area contributed by atoms with Crippen molar-refractivity contribution in [2.45, 2.75) is 32.4 Å². The summed E-state index contributed by atoms with van der Waals surface area (Å²) in [5, 5.41) is 5.87. The molecule has 0 bridgehead atoms. The fourth-order valence-corrected chi connectivity index (χ4v) is 3.39. The number of aromatic nitrogens is 1. The van der Waals surface area contributed by atoms with E-state index in [1.54, 1.807) is 6.20 Å². The van der Waals surface area contributed by atoms with Crippen LogP contribution in [0, 0.1) is 0 Å². The molecular formula is C20H24N4O3. The molecule has 0 aliphatic carbocycles. The lowest BCUT2D eigenvalue weighted by molar-refractivity contribution is 0.174. The minimum absolute atomic E-state index is 0.142. The van der Waals surface area contributed by atoms with Gasteiger partial charge in [-0.15, -0.1) is 0 Å². The number of benzene rings is 1. The van der Waals surface area contributed by atoms with Crippen LogP contribution >= 0.6 is 0 Å². The van der Waals surface area contributed by atoms with Gasteiger partial charge in [-0.2, -0.15) is 0 Å². The van der Waals surface area contributed by atoms with Gasteiger partial charge in [0, 0.05) is 25.8 Å². The maximum absolute atomic E-state index is 12.3. The molecule has 2 N–H and O–H groups in total. The Balaban J connectivity index is 1.31. The van der Waals surface area contributed by atoms with E-state index >= 15 is 0 Å². The molecule has 2 aromatic rings. The number of hydrogen-bond acceptors (Lipinski definition) is 5. The Bertz CT molecular complexity index is 821. The largest absolute Gasteiger partial charge is 0.454 e. The molecule has 3 heterocycles. The van der Waals surface area contributed by atoms with Crippen molar-refractivity contribution < 1.29 is 14.3 Å². The van der Waals surface area contributed by atoms with Crippen molar-refractivity contribution in [1.29, 1.82) is 0 Å². The van der Waals surface area contributed by atoms with Crippen molar-refractivity contribution in [2.24, 2.45) is 0 Å². The third kappa shape index (κ3) is 4.07. The third-order valence-electron chi connectivity index (χ3n) is 4.94. The number of amides is 2. The Morgan fingerprint density at radius 1 is 1.19 bits per heavy atom. The summed E-state index contributed by atoms with van der Waals surface area (Å²) in [7, 11) is 0. The molecule has 0 saturated carbocycles. The second-order valence-corrected chi connectivity index (χ2v) is 6.88. The van der Waals surface area contributed by atoms with Crippen molar-refractivity contribution in [3.8, 4) is 11.5 Å². The second-order valence-electron chi connectivity index (χ2n) is 6.88. The summed E-state index contributed by atoms with van der Waals surface area (Å²) in [6.07, 6.45) is 4.23. The van der Waals surface area contributed by atoms with Gasteiger partial charge in [-0.25, -0.2) is 9.78 Å². The van der Waals surface area contributed by atoms with E-state index in [0.717, 1.165) is 35.8 Å². The van der Waals surface area contributed by atoms with Crippen molar-refractivity contribution in [2.75, 3.05) is 24.8 Å². The number of anilines is 1. The van der Waals surface area contributed by atoms with E-state index in [1.165, 1.54) is 12.8 Å². The van der Waals surface area contributed by atoms with Crippen LogP contribution < -0.4 is 25.0 Å². The molecule has 1 atom stereocenters. The first-order valence-electron chi connectivity index (χ1n) is 9.33. The van der Waals surface area contributed by atoms with Crippen molar-refractivity contribution in [3.63, 3.8) is 0 Å². The van der Waals surface area contributed by atoms with E-state index in [1.807, 2.05) is 37.3 Å². The van der Waals surface area contributed by atoms with Gasteiger partial charge >= 0.3 is 6.03 Å². The summed E-state index contributed by atoms with van der Waals surface area (Å²) in [5.41, 5.74) is 2.01. The van der Waals surface area contributed by atoms with Gasteiger partial charge in [0.2, 0.25) is 6.79 Å². The minimum Gasteiger partial charge on any atom is -0.454 e. The molecule has 7 heteroatoms. The van der Waals surface area contributed by atoms with E-state index < -0.39 is 0 Å². The molecule has 2 amide bonds. The molecule has 2 aliphatic heterocycles. The van der Waals surface area contributed by atoms with Gasteiger partial charge < -0.3 is 25.0 Å². The first kappa shape index (κ1) is 17.5. The number of carbonyl (C=O) groups is 1. The zero-order chi connectivity index (χ0) is 18.6. The average molecular weight is 368 g/mol. The topological polar surface area (TPSA) is 75.7 Å². The summed E-state index contributed by atoms with van der Waals surface area (Å²) in [6.45, 7) is 4.75. The zero-order valence-corrected chi connectivity index (χ0v) is 15.4. The first-order valence-corrected chi connectivity index (χ1v) is 9.33. The van der Waals surface area contributed by atoms with E-state index in [-0.39, 0.29) is 18.9 Å². The van der Waals surface area contributed by atoms with Gasteiger partial charge in [-0.1, -0.05) is 6.07 Å². The summed E-state index contributed by atoms with van der Waals surface area (Å²) >= 11 is 0. The van der Waals surface area contributed by atoms with Crippen molar-refractivity contribution >= 4 is 11.8 Å². The number of urea groups is 1. The highest BCUT2D eigenvalue weighted by Gasteiger charge is 2.17. The fraction of sp³-hybridized carbons (Fsp3) is 0.400. The Labute approximate surface area is 158 Å². The van der Waals surface area contributed by atoms with Crippen molar-refractivity contribution in [3.05, 3.63) is 47.7 Å². The van der Waals surface area contributed by atoms with E-state index in [9.17, 15) is 4.79 Å². The SMILES string of the molecule is CC(NC(=O)NCc1ccnc(N2CCCC2)c1)c1ccc2c(c1)OCO2. The summed E-state index contributed by atoms with van der Waals surface area (Å²) in [6, 6.07) is 9.33. The standard InChI is InChI=1S/C20H24N4O3/c1-14(16-4-5-17-18(11-16)27-13-26-17)23-20(25)22-12-15-6-7-21-19(10-15)24-8-2-3-9-24/h4-7,10-11,14H,2-3,8-9,12-13H2,1H3,(H2,22,23,25). The lowest BCUT2D eigenvalue weighted by atomic mass is 10.1. The van der Waals surface area contributed by atoms with Crippen LogP contribution in [0.5, 0.6) is 11.5 Å². The first-order chi connectivity index (χ1) is 13.2. The predicted molar refractivity (Wildman–Crippen MR) is 102 cm³/mol. The maximum Gasteiger partial charge on any atom is 0.315 e. The number of nitrogens with zero attached hydrogens (tertiary/aromatic N) is 2. The molecule has 142 valence electrons. The Hall–Kier alpha value is -2.96. The monoisotopic (exact) mass is 368 g/mol. The lowest BCUT2D eigenvalue weighted by Gasteiger charge is -2.18. The van der Waals surface area contributed by atoms with Crippen LogP contribution in [0.25, 0.3) is 0 Å². The van der Waals surface area contributed by atoms with Crippen LogP contribution in [-0.4, -0.2) is 30.9 Å². The molecular weight excluding hydrogens is 344 g/mol. The van der Waals surface area contributed by atoms with Crippen LogP contribution in [-0.2, 0) is 6.54 Å². The van der Waals surface area contributed by atoms with Crippen molar-refractivity contribution in [1.82, 2.24) is 15.6 Å². The van der Waals surface area contributed by atoms with Gasteiger partial charge in [0.1, 0.15) is 5.82 Å². The van der Waals surface area contributed by atoms with Crippen LogP contribution in [0.15, 0.2) is 36.5 Å².